The summed E-state index contributed by atoms with van der Waals surface area (Å²) in [6, 6.07) is 7.46. The summed E-state index contributed by atoms with van der Waals surface area (Å²) in [5.74, 6) is 0.727. The molecule has 0 aliphatic carbocycles. The lowest BCUT2D eigenvalue weighted by Gasteiger charge is -2.08. The minimum absolute atomic E-state index is 0.598. The Morgan fingerprint density at radius 3 is 3.06 bits per heavy atom. The van der Waals surface area contributed by atoms with Crippen LogP contribution in [0.1, 0.15) is 11.3 Å². The van der Waals surface area contributed by atoms with Crippen molar-refractivity contribution in [2.24, 2.45) is 0 Å². The van der Waals surface area contributed by atoms with Gasteiger partial charge < -0.3 is 10.1 Å². The summed E-state index contributed by atoms with van der Waals surface area (Å²) in [6.07, 6.45) is 0. The van der Waals surface area contributed by atoms with Crippen LogP contribution in [0.15, 0.2) is 29.1 Å². The third-order valence-corrected chi connectivity index (χ3v) is 2.93. The lowest BCUT2D eigenvalue weighted by Crippen LogP contribution is -2.01. The second kappa shape index (κ2) is 5.32. The van der Waals surface area contributed by atoms with Crippen molar-refractivity contribution in [2.75, 3.05) is 12.4 Å². The van der Waals surface area contributed by atoms with E-state index < -0.39 is 0 Å². The van der Waals surface area contributed by atoms with Crippen molar-refractivity contribution in [2.45, 2.75) is 6.54 Å². The van der Waals surface area contributed by atoms with Crippen molar-refractivity contribution >= 4 is 17.0 Å². The van der Waals surface area contributed by atoms with Crippen molar-refractivity contribution in [1.29, 1.82) is 5.26 Å². The van der Waals surface area contributed by atoms with Gasteiger partial charge in [0.15, 0.2) is 0 Å². The van der Waals surface area contributed by atoms with E-state index in [1.54, 1.807) is 36.1 Å². The van der Waals surface area contributed by atoms with Crippen LogP contribution in [0, 0.1) is 11.3 Å². The molecule has 0 spiro atoms. The van der Waals surface area contributed by atoms with Crippen molar-refractivity contribution in [3.63, 3.8) is 0 Å². The van der Waals surface area contributed by atoms with E-state index in [1.807, 2.05) is 11.4 Å². The largest absolute Gasteiger partial charge is 0.497 e. The summed E-state index contributed by atoms with van der Waals surface area (Å²) in [4.78, 5) is 4.17. The highest BCUT2D eigenvalue weighted by atomic mass is 32.1. The molecule has 86 valence electrons. The normalized spacial score (nSPS) is 9.65. The maximum Gasteiger partial charge on any atom is 0.121 e. The molecule has 2 aromatic rings. The number of nitrogens with one attached hydrogen (secondary N) is 1. The predicted octanol–water partition coefficient (Wildman–Crippen LogP) is 2.64. The molecule has 1 aromatic carbocycles. The van der Waals surface area contributed by atoms with Crippen LogP contribution in [0.25, 0.3) is 0 Å². The molecule has 0 amide bonds. The fraction of sp³-hybridized carbons (Fsp3) is 0.167. The number of hydrogen-bond acceptors (Lipinski definition) is 5. The second-order valence-electron chi connectivity index (χ2n) is 3.36. The summed E-state index contributed by atoms with van der Waals surface area (Å²) in [5.41, 5.74) is 4.11. The zero-order valence-electron chi connectivity index (χ0n) is 9.30. The topological polar surface area (TPSA) is 57.9 Å². The molecule has 4 nitrogen and oxygen atoms in total. The molecule has 0 atom stereocenters. The zero-order valence-corrected chi connectivity index (χ0v) is 10.1. The van der Waals surface area contributed by atoms with Gasteiger partial charge in [0.25, 0.3) is 0 Å². The summed E-state index contributed by atoms with van der Waals surface area (Å²) < 4.78 is 5.13. The van der Waals surface area contributed by atoms with E-state index in [-0.39, 0.29) is 0 Å². The van der Waals surface area contributed by atoms with Crippen molar-refractivity contribution in [3.05, 3.63) is 40.3 Å². The highest BCUT2D eigenvalue weighted by Crippen LogP contribution is 2.22. The van der Waals surface area contributed by atoms with Gasteiger partial charge in [0, 0.05) is 11.4 Å². The number of rotatable bonds is 4. The number of thiazole rings is 1. The first-order chi connectivity index (χ1) is 8.33. The van der Waals surface area contributed by atoms with Crippen LogP contribution in [0.2, 0.25) is 0 Å². The molecule has 1 N–H and O–H groups in total. The fourth-order valence-electron chi connectivity index (χ4n) is 1.40. The lowest BCUT2D eigenvalue weighted by atomic mass is 10.2. The molecule has 2 rings (SSSR count). The third-order valence-electron chi connectivity index (χ3n) is 2.29. The van der Waals surface area contributed by atoms with Crippen molar-refractivity contribution < 1.29 is 4.74 Å². The maximum atomic E-state index is 8.99. The van der Waals surface area contributed by atoms with E-state index in [4.69, 9.17) is 10.00 Å². The second-order valence-corrected chi connectivity index (χ2v) is 4.08. The summed E-state index contributed by atoms with van der Waals surface area (Å²) in [5, 5.41) is 14.1. The standard InChI is InChI=1S/C12H11N3OS/c1-16-11-3-2-9(5-13)12(4-11)14-6-10-7-17-8-15-10/h2-4,7-8,14H,6H2,1H3. The zero-order chi connectivity index (χ0) is 12.1. The molecule has 0 fully saturated rings. The summed E-state index contributed by atoms with van der Waals surface area (Å²) in [6.45, 7) is 0.603. The molecule has 0 aliphatic heterocycles. The number of nitrogens with zero attached hydrogens (tertiary/aromatic N) is 2. The Morgan fingerprint density at radius 2 is 2.41 bits per heavy atom. The molecule has 1 aromatic heterocycles. The van der Waals surface area contributed by atoms with E-state index >= 15 is 0 Å². The van der Waals surface area contributed by atoms with Crippen LogP contribution in [-0.2, 0) is 6.54 Å². The van der Waals surface area contributed by atoms with Gasteiger partial charge in [0.05, 0.1) is 36.1 Å². The first-order valence-corrected chi connectivity index (χ1v) is 5.97. The molecular weight excluding hydrogens is 234 g/mol. The summed E-state index contributed by atoms with van der Waals surface area (Å²) >= 11 is 1.55. The van der Waals surface area contributed by atoms with Crippen LogP contribution in [0.3, 0.4) is 0 Å². The Bertz CT molecular complexity index is 531. The number of methoxy groups -OCH3 is 1. The van der Waals surface area contributed by atoms with E-state index in [9.17, 15) is 0 Å². The van der Waals surface area contributed by atoms with E-state index in [2.05, 4.69) is 16.4 Å². The van der Waals surface area contributed by atoms with Crippen molar-refractivity contribution in [1.82, 2.24) is 4.98 Å². The average Bonchev–Trinajstić information content (AvgIpc) is 2.89. The Labute approximate surface area is 103 Å². The number of benzene rings is 1. The van der Waals surface area contributed by atoms with Gasteiger partial charge in [-0.05, 0) is 12.1 Å². The monoisotopic (exact) mass is 245 g/mol. The molecule has 17 heavy (non-hydrogen) atoms. The van der Waals surface area contributed by atoms with E-state index in [0.29, 0.717) is 12.1 Å². The number of aromatic nitrogens is 1. The highest BCUT2D eigenvalue weighted by molar-refractivity contribution is 7.07. The first-order valence-electron chi connectivity index (χ1n) is 5.02. The van der Waals surface area contributed by atoms with Gasteiger partial charge >= 0.3 is 0 Å². The van der Waals surface area contributed by atoms with Crippen LogP contribution >= 0.6 is 11.3 Å². The van der Waals surface area contributed by atoms with Gasteiger partial charge in [-0.25, -0.2) is 4.98 Å². The Morgan fingerprint density at radius 1 is 1.53 bits per heavy atom. The van der Waals surface area contributed by atoms with E-state index in [1.165, 1.54) is 0 Å². The molecule has 0 bridgehead atoms. The maximum absolute atomic E-state index is 8.99. The minimum atomic E-state index is 0.598. The minimum Gasteiger partial charge on any atom is -0.497 e. The number of anilines is 1. The van der Waals surface area contributed by atoms with Gasteiger partial charge in [0.2, 0.25) is 0 Å². The number of nitriles is 1. The van der Waals surface area contributed by atoms with Crippen molar-refractivity contribution in [3.8, 4) is 11.8 Å². The molecule has 1 heterocycles. The Balaban J connectivity index is 2.16. The number of hydrogen-bond donors (Lipinski definition) is 1. The quantitative estimate of drug-likeness (QED) is 0.899. The van der Waals surface area contributed by atoms with Gasteiger partial charge in [0.1, 0.15) is 11.8 Å². The fourth-order valence-corrected chi connectivity index (χ4v) is 1.96. The Kier molecular flexibility index (Phi) is 3.58. The first kappa shape index (κ1) is 11.4. The highest BCUT2D eigenvalue weighted by Gasteiger charge is 2.04. The van der Waals surface area contributed by atoms with Gasteiger partial charge in [-0.15, -0.1) is 11.3 Å². The number of ether oxygens (including phenoxy) is 1. The SMILES string of the molecule is COc1ccc(C#N)c(NCc2cscn2)c1. The average molecular weight is 245 g/mol. The van der Waals surface area contributed by atoms with Crippen LogP contribution < -0.4 is 10.1 Å². The van der Waals surface area contributed by atoms with Crippen LogP contribution in [0.5, 0.6) is 5.75 Å². The Hall–Kier alpha value is -2.06. The molecule has 0 radical (unpaired) electrons. The molecule has 0 aliphatic rings. The molecule has 5 heteroatoms. The molecule has 0 saturated carbocycles. The molecular formula is C12H11N3OS. The smallest absolute Gasteiger partial charge is 0.121 e. The lowest BCUT2D eigenvalue weighted by molar-refractivity contribution is 0.415. The van der Waals surface area contributed by atoms with Gasteiger partial charge in [-0.3, -0.25) is 0 Å². The van der Waals surface area contributed by atoms with Crippen LogP contribution in [-0.4, -0.2) is 12.1 Å². The summed E-state index contributed by atoms with van der Waals surface area (Å²) in [7, 11) is 1.60. The van der Waals surface area contributed by atoms with Gasteiger partial charge in [-0.2, -0.15) is 5.26 Å². The predicted molar refractivity (Wildman–Crippen MR) is 67.1 cm³/mol. The molecule has 0 unspecified atom stereocenters. The van der Waals surface area contributed by atoms with Gasteiger partial charge in [-0.1, -0.05) is 0 Å². The molecule has 0 saturated heterocycles. The van der Waals surface area contributed by atoms with E-state index in [0.717, 1.165) is 17.1 Å². The van der Waals surface area contributed by atoms with Crippen LogP contribution in [0.4, 0.5) is 5.69 Å². The third kappa shape index (κ3) is 2.74.